The molecule has 0 saturated carbocycles. The second-order valence-corrected chi connectivity index (χ2v) is 6.59. The lowest BCUT2D eigenvalue weighted by Crippen LogP contribution is -2.11. The molecule has 1 rings (SSSR count). The van der Waals surface area contributed by atoms with E-state index in [1.807, 2.05) is 0 Å². The standard InChI is InChI=1S/C7H9ClN2O6S2/c8-6-3(2-17(11,12)13)7(10)5(1-4(6)9)18(14,15)16/h1H,2,9-10H2,(H,11,12,13)(H,14,15,16). The summed E-state index contributed by atoms with van der Waals surface area (Å²) in [4.78, 5) is -0.775. The van der Waals surface area contributed by atoms with Crippen LogP contribution in [0, 0.1) is 0 Å². The topological polar surface area (TPSA) is 161 Å². The van der Waals surface area contributed by atoms with Gasteiger partial charge in [-0.2, -0.15) is 16.8 Å². The van der Waals surface area contributed by atoms with Crippen LogP contribution in [0.2, 0.25) is 5.02 Å². The Hall–Kier alpha value is -1.07. The first-order chi connectivity index (χ1) is 7.93. The molecule has 0 fully saturated rings. The van der Waals surface area contributed by atoms with Crippen molar-refractivity contribution in [3.05, 3.63) is 16.7 Å². The number of nitrogens with two attached hydrogens (primary N) is 2. The van der Waals surface area contributed by atoms with Crippen molar-refractivity contribution in [2.75, 3.05) is 11.5 Å². The number of benzene rings is 1. The smallest absolute Gasteiger partial charge is 0.296 e. The van der Waals surface area contributed by atoms with Crippen molar-refractivity contribution in [3.63, 3.8) is 0 Å². The summed E-state index contributed by atoms with van der Waals surface area (Å²) in [5, 5.41) is -0.308. The monoisotopic (exact) mass is 316 g/mol. The van der Waals surface area contributed by atoms with Gasteiger partial charge in [0.2, 0.25) is 0 Å². The first kappa shape index (κ1) is 15.0. The fourth-order valence-corrected chi connectivity index (χ4v) is 2.90. The lowest BCUT2D eigenvalue weighted by molar-refractivity contribution is 0.479. The normalized spacial score (nSPS) is 12.6. The van der Waals surface area contributed by atoms with Crippen molar-refractivity contribution in [2.45, 2.75) is 10.6 Å². The SMILES string of the molecule is Nc1cc(S(=O)(=O)O)c(N)c(CS(=O)(=O)O)c1Cl. The van der Waals surface area contributed by atoms with Gasteiger partial charge in [-0.1, -0.05) is 11.6 Å². The van der Waals surface area contributed by atoms with Crippen molar-refractivity contribution < 1.29 is 25.9 Å². The van der Waals surface area contributed by atoms with Crippen LogP contribution >= 0.6 is 11.6 Å². The first-order valence-electron chi connectivity index (χ1n) is 4.22. The van der Waals surface area contributed by atoms with Crippen LogP contribution in [-0.2, 0) is 26.0 Å². The fraction of sp³-hybridized carbons (Fsp3) is 0.143. The van der Waals surface area contributed by atoms with Gasteiger partial charge in [0, 0.05) is 5.56 Å². The van der Waals surface area contributed by atoms with E-state index in [-0.39, 0.29) is 10.7 Å². The maximum Gasteiger partial charge on any atom is 0.296 e. The highest BCUT2D eigenvalue weighted by Crippen LogP contribution is 2.35. The molecule has 0 aliphatic carbocycles. The Bertz CT molecular complexity index is 697. The number of anilines is 2. The minimum Gasteiger partial charge on any atom is -0.397 e. The number of rotatable bonds is 3. The van der Waals surface area contributed by atoms with E-state index < -0.39 is 42.1 Å². The zero-order valence-corrected chi connectivity index (χ0v) is 11.0. The highest BCUT2D eigenvalue weighted by molar-refractivity contribution is 7.86. The molecule has 0 aliphatic rings. The predicted molar refractivity (Wildman–Crippen MR) is 65.3 cm³/mol. The van der Waals surface area contributed by atoms with Crippen LogP contribution < -0.4 is 11.5 Å². The van der Waals surface area contributed by atoms with Gasteiger partial charge in [-0.25, -0.2) is 0 Å². The second-order valence-electron chi connectivity index (χ2n) is 3.37. The van der Waals surface area contributed by atoms with E-state index in [1.165, 1.54) is 0 Å². The maximum atomic E-state index is 11.0. The van der Waals surface area contributed by atoms with Crippen molar-refractivity contribution in [1.82, 2.24) is 0 Å². The summed E-state index contributed by atoms with van der Waals surface area (Å²) >= 11 is 5.67. The van der Waals surface area contributed by atoms with E-state index in [0.717, 1.165) is 6.07 Å². The van der Waals surface area contributed by atoms with Gasteiger partial charge in [-0.15, -0.1) is 0 Å². The maximum absolute atomic E-state index is 11.0. The molecule has 0 bridgehead atoms. The highest BCUT2D eigenvalue weighted by Gasteiger charge is 2.23. The van der Waals surface area contributed by atoms with Gasteiger partial charge < -0.3 is 11.5 Å². The molecule has 0 atom stereocenters. The molecule has 0 aliphatic heterocycles. The number of nitrogen functional groups attached to an aromatic ring is 2. The van der Waals surface area contributed by atoms with E-state index >= 15 is 0 Å². The molecule has 6 N–H and O–H groups in total. The van der Waals surface area contributed by atoms with Gasteiger partial charge >= 0.3 is 0 Å². The average molecular weight is 317 g/mol. The van der Waals surface area contributed by atoms with Gasteiger partial charge in [0.05, 0.1) is 16.4 Å². The Balaban J connectivity index is 3.66. The number of hydrogen-bond acceptors (Lipinski definition) is 6. The van der Waals surface area contributed by atoms with E-state index in [2.05, 4.69) is 0 Å². The third kappa shape index (κ3) is 3.23. The second kappa shape index (κ2) is 4.55. The zero-order chi connectivity index (χ0) is 14.3. The molecule has 0 saturated heterocycles. The predicted octanol–water partition coefficient (Wildman–Crippen LogP) is 0.139. The Labute approximate surface area is 108 Å². The van der Waals surface area contributed by atoms with Crippen LogP contribution in [-0.4, -0.2) is 25.9 Å². The molecule has 0 spiro atoms. The van der Waals surface area contributed by atoms with E-state index in [0.29, 0.717) is 0 Å². The van der Waals surface area contributed by atoms with Crippen LogP contribution in [0.4, 0.5) is 11.4 Å². The Morgan fingerprint density at radius 1 is 1.17 bits per heavy atom. The van der Waals surface area contributed by atoms with Crippen LogP contribution in [0.1, 0.15) is 5.56 Å². The van der Waals surface area contributed by atoms with E-state index in [1.54, 1.807) is 0 Å². The van der Waals surface area contributed by atoms with Crippen LogP contribution in [0.3, 0.4) is 0 Å². The summed E-state index contributed by atoms with van der Waals surface area (Å²) in [5.41, 5.74) is 9.48. The molecular weight excluding hydrogens is 308 g/mol. The summed E-state index contributed by atoms with van der Waals surface area (Å²) in [6.07, 6.45) is 0. The Morgan fingerprint density at radius 2 is 1.67 bits per heavy atom. The van der Waals surface area contributed by atoms with Crippen LogP contribution in [0.25, 0.3) is 0 Å². The van der Waals surface area contributed by atoms with Crippen LogP contribution in [0.5, 0.6) is 0 Å². The van der Waals surface area contributed by atoms with Crippen molar-refractivity contribution in [1.29, 1.82) is 0 Å². The van der Waals surface area contributed by atoms with E-state index in [4.69, 9.17) is 32.2 Å². The van der Waals surface area contributed by atoms with Gasteiger partial charge in [-0.05, 0) is 6.07 Å². The third-order valence-corrected chi connectivity index (χ3v) is 3.99. The summed E-state index contributed by atoms with van der Waals surface area (Å²) in [6, 6.07) is 0.792. The lowest BCUT2D eigenvalue weighted by Gasteiger charge is -2.12. The Morgan fingerprint density at radius 3 is 2.06 bits per heavy atom. The molecular formula is C7H9ClN2O6S2. The van der Waals surface area contributed by atoms with Crippen molar-refractivity contribution >= 4 is 43.2 Å². The van der Waals surface area contributed by atoms with Gasteiger partial charge in [0.1, 0.15) is 10.6 Å². The molecule has 0 radical (unpaired) electrons. The molecule has 0 heterocycles. The van der Waals surface area contributed by atoms with Gasteiger partial charge in [-0.3, -0.25) is 9.11 Å². The molecule has 18 heavy (non-hydrogen) atoms. The van der Waals surface area contributed by atoms with Gasteiger partial charge in [0.15, 0.2) is 0 Å². The summed E-state index contributed by atoms with van der Waals surface area (Å²) < 4.78 is 61.1. The molecule has 0 aromatic heterocycles. The largest absolute Gasteiger partial charge is 0.397 e. The molecule has 1 aromatic rings. The number of hydrogen-bond donors (Lipinski definition) is 4. The average Bonchev–Trinajstić information content (AvgIpc) is 2.15. The molecule has 1 aromatic carbocycles. The molecule has 0 amide bonds. The molecule has 0 unspecified atom stereocenters. The summed E-state index contributed by atoms with van der Waals surface area (Å²) in [5.74, 6) is -1.02. The third-order valence-electron chi connectivity index (χ3n) is 2.00. The minimum atomic E-state index is -4.69. The summed E-state index contributed by atoms with van der Waals surface area (Å²) in [7, 11) is -9.19. The minimum absolute atomic E-state index is 0.294. The van der Waals surface area contributed by atoms with Crippen molar-refractivity contribution in [2.24, 2.45) is 0 Å². The lowest BCUT2D eigenvalue weighted by atomic mass is 10.2. The highest BCUT2D eigenvalue weighted by atomic mass is 35.5. The van der Waals surface area contributed by atoms with Gasteiger partial charge in [0.25, 0.3) is 20.2 Å². The zero-order valence-electron chi connectivity index (χ0n) is 8.66. The van der Waals surface area contributed by atoms with E-state index in [9.17, 15) is 16.8 Å². The molecule has 8 nitrogen and oxygen atoms in total. The molecule has 102 valence electrons. The fourth-order valence-electron chi connectivity index (χ4n) is 1.26. The number of halogens is 1. The first-order valence-corrected chi connectivity index (χ1v) is 7.65. The van der Waals surface area contributed by atoms with Crippen LogP contribution in [0.15, 0.2) is 11.0 Å². The Kier molecular flexibility index (Phi) is 3.79. The molecule has 11 heteroatoms. The quantitative estimate of drug-likeness (QED) is 0.452. The van der Waals surface area contributed by atoms with Crippen molar-refractivity contribution in [3.8, 4) is 0 Å². The summed E-state index contributed by atoms with van der Waals surface area (Å²) in [6.45, 7) is 0.